The van der Waals surface area contributed by atoms with Crippen molar-refractivity contribution in [1.29, 1.82) is 0 Å². The van der Waals surface area contributed by atoms with Crippen molar-refractivity contribution in [3.8, 4) is 0 Å². The fourth-order valence-electron chi connectivity index (χ4n) is 4.23. The fourth-order valence-corrected chi connectivity index (χ4v) is 5.81. The highest BCUT2D eigenvalue weighted by molar-refractivity contribution is 7.89. The lowest BCUT2D eigenvalue weighted by Crippen LogP contribution is -2.38. The van der Waals surface area contributed by atoms with E-state index in [0.29, 0.717) is 44.9 Å². The summed E-state index contributed by atoms with van der Waals surface area (Å²) in [5, 5.41) is 0. The van der Waals surface area contributed by atoms with E-state index in [2.05, 4.69) is 4.98 Å². The van der Waals surface area contributed by atoms with Gasteiger partial charge in [-0.05, 0) is 44.2 Å². The molecule has 3 heterocycles. The van der Waals surface area contributed by atoms with E-state index in [1.807, 2.05) is 29.2 Å². The normalized spacial score (nSPS) is 19.5. The average molecular weight is 405 g/mol. The monoisotopic (exact) mass is 404 g/mol. The highest BCUT2D eigenvalue weighted by Crippen LogP contribution is 2.28. The Morgan fingerprint density at radius 3 is 2.54 bits per heavy atom. The third-order valence-corrected chi connectivity index (χ3v) is 7.85. The molecule has 152 valence electrons. The number of fused-ring (bicyclic) bond motifs is 1. The number of sulfonamides is 1. The van der Waals surface area contributed by atoms with Crippen molar-refractivity contribution >= 4 is 27.0 Å². The Bertz CT molecular complexity index is 893. The SMILES string of the molecule is O=C(CCCS(=O)(=O)N1CCCC1)N1CCC(c2nc3ccccc3[nH]2)CC1. The van der Waals surface area contributed by atoms with Gasteiger partial charge in [0.2, 0.25) is 15.9 Å². The van der Waals surface area contributed by atoms with E-state index in [4.69, 9.17) is 4.98 Å². The summed E-state index contributed by atoms with van der Waals surface area (Å²) in [6, 6.07) is 8.01. The molecule has 7 nitrogen and oxygen atoms in total. The number of carbonyl (C=O) groups excluding carboxylic acids is 1. The third-order valence-electron chi connectivity index (χ3n) is 5.89. The number of rotatable bonds is 6. The largest absolute Gasteiger partial charge is 0.343 e. The molecule has 4 rings (SSSR count). The molecule has 28 heavy (non-hydrogen) atoms. The minimum Gasteiger partial charge on any atom is -0.343 e. The van der Waals surface area contributed by atoms with Crippen LogP contribution in [0.3, 0.4) is 0 Å². The van der Waals surface area contributed by atoms with Gasteiger partial charge in [-0.25, -0.2) is 17.7 Å². The van der Waals surface area contributed by atoms with Crippen molar-refractivity contribution in [2.75, 3.05) is 31.9 Å². The molecule has 2 aromatic rings. The van der Waals surface area contributed by atoms with Gasteiger partial charge in [0, 0.05) is 38.5 Å². The Hall–Kier alpha value is -1.93. The van der Waals surface area contributed by atoms with E-state index >= 15 is 0 Å². The second kappa shape index (κ2) is 8.21. The van der Waals surface area contributed by atoms with Gasteiger partial charge in [-0.15, -0.1) is 0 Å². The molecule has 1 aromatic heterocycles. The van der Waals surface area contributed by atoms with Gasteiger partial charge in [-0.1, -0.05) is 12.1 Å². The van der Waals surface area contributed by atoms with Gasteiger partial charge in [-0.3, -0.25) is 4.79 Å². The number of benzene rings is 1. The molecule has 1 aromatic carbocycles. The van der Waals surface area contributed by atoms with Crippen LogP contribution in [0.4, 0.5) is 0 Å². The van der Waals surface area contributed by atoms with Crippen molar-refractivity contribution in [2.45, 2.75) is 44.4 Å². The lowest BCUT2D eigenvalue weighted by molar-refractivity contribution is -0.132. The second-order valence-electron chi connectivity index (χ2n) is 7.82. The Morgan fingerprint density at radius 1 is 1.11 bits per heavy atom. The molecule has 0 spiro atoms. The number of nitrogens with one attached hydrogen (secondary N) is 1. The van der Waals surface area contributed by atoms with E-state index in [-0.39, 0.29) is 11.7 Å². The Labute approximate surface area is 166 Å². The zero-order valence-corrected chi connectivity index (χ0v) is 17.0. The second-order valence-corrected chi connectivity index (χ2v) is 9.91. The predicted molar refractivity (Wildman–Crippen MR) is 108 cm³/mol. The summed E-state index contributed by atoms with van der Waals surface area (Å²) in [5.41, 5.74) is 2.03. The summed E-state index contributed by atoms with van der Waals surface area (Å²) in [7, 11) is -3.19. The number of aromatic nitrogens is 2. The molecule has 0 bridgehead atoms. The number of imidazole rings is 1. The number of nitrogens with zero attached hydrogens (tertiary/aromatic N) is 3. The first kappa shape index (κ1) is 19.4. The highest BCUT2D eigenvalue weighted by Gasteiger charge is 2.27. The molecule has 8 heteroatoms. The molecular formula is C20H28N4O3S. The quantitative estimate of drug-likeness (QED) is 0.801. The molecule has 2 aliphatic heterocycles. The molecule has 0 aliphatic carbocycles. The van der Waals surface area contributed by atoms with Crippen molar-refractivity contribution in [3.05, 3.63) is 30.1 Å². The maximum absolute atomic E-state index is 12.5. The smallest absolute Gasteiger partial charge is 0.222 e. The zero-order chi connectivity index (χ0) is 19.6. The van der Waals surface area contributed by atoms with Crippen LogP contribution in [0.2, 0.25) is 0 Å². The van der Waals surface area contributed by atoms with Crippen LogP contribution in [0.25, 0.3) is 11.0 Å². The van der Waals surface area contributed by atoms with Gasteiger partial charge in [-0.2, -0.15) is 0 Å². The van der Waals surface area contributed by atoms with Crippen molar-refractivity contribution in [2.24, 2.45) is 0 Å². The number of para-hydroxylation sites is 2. The first-order valence-electron chi connectivity index (χ1n) is 10.2. The minimum absolute atomic E-state index is 0.0691. The van der Waals surface area contributed by atoms with Crippen LogP contribution in [-0.2, 0) is 14.8 Å². The number of hydrogen-bond donors (Lipinski definition) is 1. The zero-order valence-electron chi connectivity index (χ0n) is 16.1. The van der Waals surface area contributed by atoms with E-state index in [0.717, 1.165) is 42.5 Å². The maximum Gasteiger partial charge on any atom is 0.222 e. The molecule has 2 saturated heterocycles. The first-order valence-corrected chi connectivity index (χ1v) is 11.8. The van der Waals surface area contributed by atoms with Gasteiger partial charge in [0.25, 0.3) is 0 Å². The Balaban J connectivity index is 1.24. The standard InChI is InChI=1S/C20H28N4O3S/c25-19(8-5-15-28(26,27)24-11-3-4-12-24)23-13-9-16(10-14-23)20-21-17-6-1-2-7-18(17)22-20/h1-2,6-7,16H,3-5,8-15H2,(H,21,22). The first-order chi connectivity index (χ1) is 13.5. The summed E-state index contributed by atoms with van der Waals surface area (Å²) in [4.78, 5) is 22.5. The fraction of sp³-hybridized carbons (Fsp3) is 0.600. The number of aromatic amines is 1. The van der Waals surface area contributed by atoms with Gasteiger partial charge >= 0.3 is 0 Å². The molecule has 0 atom stereocenters. The van der Waals surface area contributed by atoms with E-state index < -0.39 is 10.0 Å². The van der Waals surface area contributed by atoms with Crippen LogP contribution in [0, 0.1) is 0 Å². The summed E-state index contributed by atoms with van der Waals surface area (Å²) in [5.74, 6) is 1.49. The predicted octanol–water partition coefficient (Wildman–Crippen LogP) is 2.47. The molecule has 2 aliphatic rings. The molecule has 0 radical (unpaired) electrons. The van der Waals surface area contributed by atoms with Gasteiger partial charge in [0.1, 0.15) is 5.82 Å². The summed E-state index contributed by atoms with van der Waals surface area (Å²) < 4.78 is 26.1. The topological polar surface area (TPSA) is 86.4 Å². The van der Waals surface area contributed by atoms with Crippen molar-refractivity contribution in [1.82, 2.24) is 19.2 Å². The Kier molecular flexibility index (Phi) is 5.68. The van der Waals surface area contributed by atoms with E-state index in [9.17, 15) is 13.2 Å². The number of H-pyrrole nitrogens is 1. The Morgan fingerprint density at radius 2 is 1.82 bits per heavy atom. The number of amides is 1. The maximum atomic E-state index is 12.5. The number of piperidine rings is 1. The van der Waals surface area contributed by atoms with Crippen LogP contribution in [-0.4, -0.2) is 65.4 Å². The number of likely N-dealkylation sites (tertiary alicyclic amines) is 1. The van der Waals surface area contributed by atoms with Crippen LogP contribution in [0.15, 0.2) is 24.3 Å². The van der Waals surface area contributed by atoms with E-state index in [1.54, 1.807) is 4.31 Å². The van der Waals surface area contributed by atoms with Gasteiger partial charge < -0.3 is 9.88 Å². The van der Waals surface area contributed by atoms with Crippen LogP contribution in [0.5, 0.6) is 0 Å². The molecule has 1 amide bonds. The molecule has 0 saturated carbocycles. The molecule has 1 N–H and O–H groups in total. The number of hydrogen-bond acceptors (Lipinski definition) is 4. The van der Waals surface area contributed by atoms with Gasteiger partial charge in [0.05, 0.1) is 16.8 Å². The van der Waals surface area contributed by atoms with E-state index in [1.165, 1.54) is 0 Å². The van der Waals surface area contributed by atoms with Crippen LogP contribution >= 0.6 is 0 Å². The average Bonchev–Trinajstić information content (AvgIpc) is 3.38. The lowest BCUT2D eigenvalue weighted by Gasteiger charge is -2.31. The minimum atomic E-state index is -3.19. The van der Waals surface area contributed by atoms with Crippen molar-refractivity contribution in [3.63, 3.8) is 0 Å². The summed E-state index contributed by atoms with van der Waals surface area (Å²) in [6.45, 7) is 2.68. The summed E-state index contributed by atoms with van der Waals surface area (Å²) in [6.07, 6.45) is 4.37. The number of carbonyl (C=O) groups is 1. The summed E-state index contributed by atoms with van der Waals surface area (Å²) >= 11 is 0. The van der Waals surface area contributed by atoms with Crippen LogP contribution in [0.1, 0.15) is 50.3 Å². The molecular weight excluding hydrogens is 376 g/mol. The van der Waals surface area contributed by atoms with Crippen molar-refractivity contribution < 1.29 is 13.2 Å². The lowest BCUT2D eigenvalue weighted by atomic mass is 9.96. The highest BCUT2D eigenvalue weighted by atomic mass is 32.2. The van der Waals surface area contributed by atoms with Gasteiger partial charge in [0.15, 0.2) is 0 Å². The third kappa shape index (κ3) is 4.22. The molecule has 2 fully saturated rings. The van der Waals surface area contributed by atoms with Crippen LogP contribution < -0.4 is 0 Å². The molecule has 0 unspecified atom stereocenters.